The molecule has 1 aromatic heterocycles. The number of rotatable bonds is 6. The van der Waals surface area contributed by atoms with Crippen LogP contribution < -0.4 is 9.64 Å². The second-order valence-electron chi connectivity index (χ2n) is 7.50. The maximum absolute atomic E-state index is 13.4. The SMILES string of the molecule is CS(=O)(=O)c1cc(C(=O)N(CC#N)c2cnccc2-c2ccccc2OC(F)(F)F)cc(C(F)(F)F)c1. The first-order valence-electron chi connectivity index (χ1n) is 10.0. The number of halogens is 6. The Kier molecular flexibility index (Phi) is 7.49. The van der Waals surface area contributed by atoms with Crippen LogP contribution in [0.15, 0.2) is 65.8 Å². The zero-order chi connectivity index (χ0) is 27.6. The number of aromatic nitrogens is 1. The Morgan fingerprint density at radius 1 is 1.05 bits per heavy atom. The topological polar surface area (TPSA) is 100 Å². The van der Waals surface area contributed by atoms with Crippen LogP contribution in [0.3, 0.4) is 0 Å². The number of carbonyl (C=O) groups excluding carboxylic acids is 1. The van der Waals surface area contributed by atoms with Crippen molar-refractivity contribution in [3.8, 4) is 22.9 Å². The van der Waals surface area contributed by atoms with Gasteiger partial charge in [-0.2, -0.15) is 18.4 Å². The molecule has 0 aliphatic heterocycles. The van der Waals surface area contributed by atoms with E-state index in [-0.39, 0.29) is 16.8 Å². The van der Waals surface area contributed by atoms with E-state index in [0.717, 1.165) is 12.3 Å². The summed E-state index contributed by atoms with van der Waals surface area (Å²) in [6.07, 6.45) is -7.21. The number of anilines is 1. The molecule has 0 aliphatic rings. The molecule has 0 bridgehead atoms. The van der Waals surface area contributed by atoms with Crippen LogP contribution in [0.1, 0.15) is 15.9 Å². The molecule has 14 heteroatoms. The molecule has 0 unspecified atom stereocenters. The van der Waals surface area contributed by atoms with E-state index in [4.69, 9.17) is 0 Å². The Hall–Kier alpha value is -4.12. The fraction of sp³-hybridized carbons (Fsp3) is 0.174. The first-order valence-corrected chi connectivity index (χ1v) is 11.9. The van der Waals surface area contributed by atoms with E-state index in [2.05, 4.69) is 9.72 Å². The molecule has 0 aliphatic carbocycles. The summed E-state index contributed by atoms with van der Waals surface area (Å²) < 4.78 is 107. The Bertz CT molecular complexity index is 1480. The Morgan fingerprint density at radius 2 is 1.73 bits per heavy atom. The standard InChI is InChI=1S/C23H15F6N3O4S/c1-37(34,35)16-11-14(10-15(12-16)22(24,25)26)21(33)32(9-7-30)19-13-31-8-6-17(19)18-4-2-3-5-20(18)36-23(27,28)29/h2-6,8,10-13H,9H2,1H3. The van der Waals surface area contributed by atoms with Crippen LogP contribution >= 0.6 is 0 Å². The van der Waals surface area contributed by atoms with Crippen molar-refractivity contribution in [1.82, 2.24) is 4.98 Å². The maximum atomic E-state index is 13.4. The first kappa shape index (κ1) is 27.5. The van der Waals surface area contributed by atoms with Crippen LogP contribution in [0.4, 0.5) is 32.0 Å². The maximum Gasteiger partial charge on any atom is 0.573 e. The lowest BCUT2D eigenvalue weighted by molar-refractivity contribution is -0.274. The second kappa shape index (κ2) is 10.1. The van der Waals surface area contributed by atoms with Crippen molar-refractivity contribution in [2.45, 2.75) is 17.4 Å². The van der Waals surface area contributed by atoms with Crippen molar-refractivity contribution in [3.63, 3.8) is 0 Å². The molecule has 3 rings (SSSR count). The minimum Gasteiger partial charge on any atom is -0.405 e. The quantitative estimate of drug-likeness (QED) is 0.312. The smallest absolute Gasteiger partial charge is 0.405 e. The third-order valence-electron chi connectivity index (χ3n) is 4.88. The van der Waals surface area contributed by atoms with E-state index < -0.39 is 56.6 Å². The summed E-state index contributed by atoms with van der Waals surface area (Å²) in [5, 5.41) is 9.32. The highest BCUT2D eigenvalue weighted by molar-refractivity contribution is 7.90. The predicted molar refractivity (Wildman–Crippen MR) is 118 cm³/mol. The van der Waals surface area contributed by atoms with Gasteiger partial charge in [-0.3, -0.25) is 14.7 Å². The summed E-state index contributed by atoms with van der Waals surface area (Å²) in [7, 11) is -4.19. The molecule has 0 spiro atoms. The lowest BCUT2D eigenvalue weighted by Gasteiger charge is -2.24. The summed E-state index contributed by atoms with van der Waals surface area (Å²) in [5.41, 5.74) is -2.60. The van der Waals surface area contributed by atoms with Crippen LogP contribution in [0.5, 0.6) is 5.75 Å². The lowest BCUT2D eigenvalue weighted by atomic mass is 10.0. The van der Waals surface area contributed by atoms with Crippen molar-refractivity contribution in [1.29, 1.82) is 5.26 Å². The zero-order valence-corrected chi connectivity index (χ0v) is 19.4. The Labute approximate surface area is 206 Å². The first-order chi connectivity index (χ1) is 17.1. The molecular formula is C23H15F6N3O4S. The molecule has 1 amide bonds. The Morgan fingerprint density at radius 3 is 2.32 bits per heavy atom. The molecule has 37 heavy (non-hydrogen) atoms. The summed E-state index contributed by atoms with van der Waals surface area (Å²) in [6.45, 7) is -0.760. The van der Waals surface area contributed by atoms with E-state index in [1.54, 1.807) is 6.07 Å². The Balaban J connectivity index is 2.21. The van der Waals surface area contributed by atoms with Gasteiger partial charge in [-0.05, 0) is 30.3 Å². The van der Waals surface area contributed by atoms with Crippen LogP contribution in [0.2, 0.25) is 0 Å². The highest BCUT2D eigenvalue weighted by atomic mass is 32.2. The average Bonchev–Trinajstić information content (AvgIpc) is 2.80. The third kappa shape index (κ3) is 6.56. The number of nitrogens with zero attached hydrogens (tertiary/aromatic N) is 3. The fourth-order valence-corrected chi connectivity index (χ4v) is 4.01. The second-order valence-corrected chi connectivity index (χ2v) is 9.52. The third-order valence-corrected chi connectivity index (χ3v) is 5.97. The van der Waals surface area contributed by atoms with Gasteiger partial charge < -0.3 is 4.74 Å². The fourth-order valence-electron chi connectivity index (χ4n) is 3.32. The molecule has 2 aromatic carbocycles. The van der Waals surface area contributed by atoms with Gasteiger partial charge in [0.15, 0.2) is 9.84 Å². The van der Waals surface area contributed by atoms with Gasteiger partial charge >= 0.3 is 12.5 Å². The number of carbonyl (C=O) groups is 1. The monoisotopic (exact) mass is 543 g/mol. The van der Waals surface area contributed by atoms with Crippen LogP contribution in [0, 0.1) is 11.3 Å². The van der Waals surface area contributed by atoms with Gasteiger partial charge in [0.25, 0.3) is 5.91 Å². The molecule has 0 N–H and O–H groups in total. The largest absolute Gasteiger partial charge is 0.573 e. The molecule has 0 fully saturated rings. The normalized spacial score (nSPS) is 12.1. The molecule has 0 radical (unpaired) electrons. The molecule has 7 nitrogen and oxygen atoms in total. The van der Waals surface area contributed by atoms with Gasteiger partial charge in [-0.15, -0.1) is 13.2 Å². The van der Waals surface area contributed by atoms with E-state index in [1.807, 2.05) is 0 Å². The summed E-state index contributed by atoms with van der Waals surface area (Å²) in [6, 6.07) is 9.27. The van der Waals surface area contributed by atoms with Gasteiger partial charge in [0, 0.05) is 29.1 Å². The number of alkyl halides is 6. The number of hydrogen-bond donors (Lipinski definition) is 0. The van der Waals surface area contributed by atoms with Gasteiger partial charge in [-0.1, -0.05) is 18.2 Å². The van der Waals surface area contributed by atoms with Gasteiger partial charge in [0.05, 0.1) is 28.4 Å². The number of nitriles is 1. The van der Waals surface area contributed by atoms with E-state index in [9.17, 15) is 44.8 Å². The highest BCUT2D eigenvalue weighted by Crippen LogP contribution is 2.39. The number of hydrogen-bond acceptors (Lipinski definition) is 6. The van der Waals surface area contributed by atoms with Crippen molar-refractivity contribution >= 4 is 21.4 Å². The lowest BCUT2D eigenvalue weighted by Crippen LogP contribution is -2.32. The average molecular weight is 543 g/mol. The number of benzene rings is 2. The van der Waals surface area contributed by atoms with Crippen molar-refractivity contribution in [3.05, 3.63) is 72.1 Å². The number of para-hydroxylation sites is 1. The van der Waals surface area contributed by atoms with E-state index in [0.29, 0.717) is 29.4 Å². The molecule has 0 saturated heterocycles. The van der Waals surface area contributed by atoms with Crippen molar-refractivity contribution in [2.75, 3.05) is 17.7 Å². The number of ether oxygens (including phenoxy) is 1. The van der Waals surface area contributed by atoms with E-state index in [1.165, 1.54) is 30.5 Å². The summed E-state index contributed by atoms with van der Waals surface area (Å²) in [5.74, 6) is -1.87. The number of amides is 1. The molecule has 0 saturated carbocycles. The van der Waals surface area contributed by atoms with Gasteiger partial charge in [0.1, 0.15) is 12.3 Å². The van der Waals surface area contributed by atoms with Crippen LogP contribution in [-0.4, -0.2) is 38.5 Å². The molecule has 194 valence electrons. The van der Waals surface area contributed by atoms with E-state index >= 15 is 0 Å². The van der Waals surface area contributed by atoms with Crippen molar-refractivity contribution in [2.24, 2.45) is 0 Å². The van der Waals surface area contributed by atoms with Gasteiger partial charge in [0.2, 0.25) is 0 Å². The number of sulfone groups is 1. The number of pyridine rings is 1. The van der Waals surface area contributed by atoms with Crippen LogP contribution in [0.25, 0.3) is 11.1 Å². The zero-order valence-electron chi connectivity index (χ0n) is 18.6. The molecular weight excluding hydrogens is 528 g/mol. The minimum atomic E-state index is -5.06. The summed E-state index contributed by atoms with van der Waals surface area (Å²) >= 11 is 0. The van der Waals surface area contributed by atoms with Crippen molar-refractivity contribution < 1.29 is 44.3 Å². The molecule has 1 heterocycles. The van der Waals surface area contributed by atoms with Gasteiger partial charge in [-0.25, -0.2) is 8.42 Å². The van der Waals surface area contributed by atoms with Crippen LogP contribution in [-0.2, 0) is 16.0 Å². The molecule has 3 aromatic rings. The molecule has 0 atom stereocenters. The minimum absolute atomic E-state index is 0.0613. The predicted octanol–water partition coefficient (Wildman–Crippen LogP) is 5.24. The summed E-state index contributed by atoms with van der Waals surface area (Å²) in [4.78, 5) is 17.1. The highest BCUT2D eigenvalue weighted by Gasteiger charge is 2.35.